The largest absolute Gasteiger partial charge is 0.493 e. The fraction of sp³-hybridized carbons (Fsp3) is 0.600. The molecule has 1 heterocycles. The molecule has 0 aromatic heterocycles. The summed E-state index contributed by atoms with van der Waals surface area (Å²) in [5, 5.41) is 3.34. The maximum atomic E-state index is 12.2. The monoisotopic (exact) mass is 310 g/mol. The van der Waals surface area contributed by atoms with Gasteiger partial charge in [0, 0.05) is 18.0 Å². The highest BCUT2D eigenvalue weighted by molar-refractivity contribution is 7.89. The SMILES string of the molecule is O=S(=O)(CCCNC1CC1)NC1CCOc2ccccc21. The van der Waals surface area contributed by atoms with Crippen molar-refractivity contribution in [3.8, 4) is 5.75 Å². The molecule has 3 rings (SSSR count). The summed E-state index contributed by atoms with van der Waals surface area (Å²) in [6.45, 7) is 1.32. The molecule has 1 saturated carbocycles. The lowest BCUT2D eigenvalue weighted by Crippen LogP contribution is -2.34. The lowest BCUT2D eigenvalue weighted by atomic mass is 10.0. The van der Waals surface area contributed by atoms with E-state index in [1.807, 2.05) is 24.3 Å². The lowest BCUT2D eigenvalue weighted by molar-refractivity contribution is 0.263. The number of fused-ring (bicyclic) bond motifs is 1. The quantitative estimate of drug-likeness (QED) is 0.750. The zero-order valence-electron chi connectivity index (χ0n) is 12.0. The van der Waals surface area contributed by atoms with Crippen LogP contribution in [0.4, 0.5) is 0 Å². The van der Waals surface area contributed by atoms with E-state index in [0.717, 1.165) is 17.9 Å². The third kappa shape index (κ3) is 4.18. The summed E-state index contributed by atoms with van der Waals surface area (Å²) in [4.78, 5) is 0. The minimum atomic E-state index is -3.25. The van der Waals surface area contributed by atoms with Gasteiger partial charge < -0.3 is 10.1 Å². The van der Waals surface area contributed by atoms with Crippen molar-refractivity contribution in [3.63, 3.8) is 0 Å². The Labute approximate surface area is 126 Å². The maximum Gasteiger partial charge on any atom is 0.212 e. The third-order valence-corrected chi connectivity index (χ3v) is 5.35. The molecule has 0 bridgehead atoms. The van der Waals surface area contributed by atoms with Crippen LogP contribution in [0.25, 0.3) is 0 Å². The molecular weight excluding hydrogens is 288 g/mol. The van der Waals surface area contributed by atoms with Crippen molar-refractivity contribution < 1.29 is 13.2 Å². The molecule has 2 aliphatic rings. The third-order valence-electron chi connectivity index (χ3n) is 3.88. The maximum absolute atomic E-state index is 12.2. The molecule has 1 aliphatic heterocycles. The fourth-order valence-electron chi connectivity index (χ4n) is 2.60. The van der Waals surface area contributed by atoms with E-state index >= 15 is 0 Å². The summed E-state index contributed by atoms with van der Waals surface area (Å²) in [6.07, 6.45) is 3.78. The second kappa shape index (κ2) is 6.34. The molecule has 1 aromatic carbocycles. The molecule has 21 heavy (non-hydrogen) atoms. The van der Waals surface area contributed by atoms with Crippen LogP contribution in [0, 0.1) is 0 Å². The van der Waals surface area contributed by atoms with Gasteiger partial charge in [-0.2, -0.15) is 0 Å². The summed E-state index contributed by atoms with van der Waals surface area (Å²) in [5.41, 5.74) is 0.934. The molecule has 0 saturated heterocycles. The van der Waals surface area contributed by atoms with Crippen LogP contribution in [-0.4, -0.2) is 33.4 Å². The van der Waals surface area contributed by atoms with Crippen molar-refractivity contribution in [2.24, 2.45) is 0 Å². The van der Waals surface area contributed by atoms with Gasteiger partial charge in [0.05, 0.1) is 18.4 Å². The first-order valence-corrected chi connectivity index (χ1v) is 9.24. The number of ether oxygens (including phenoxy) is 1. The number of hydrogen-bond donors (Lipinski definition) is 2. The van der Waals surface area contributed by atoms with Gasteiger partial charge in [-0.1, -0.05) is 18.2 Å². The van der Waals surface area contributed by atoms with Crippen LogP contribution >= 0.6 is 0 Å². The second-order valence-electron chi connectivity index (χ2n) is 5.75. The van der Waals surface area contributed by atoms with Crippen LogP contribution in [-0.2, 0) is 10.0 Å². The zero-order chi connectivity index (χ0) is 14.7. The topological polar surface area (TPSA) is 67.4 Å². The van der Waals surface area contributed by atoms with Gasteiger partial charge in [0.25, 0.3) is 0 Å². The molecule has 0 spiro atoms. The molecule has 1 fully saturated rings. The molecule has 1 atom stereocenters. The Hall–Kier alpha value is -1.11. The van der Waals surface area contributed by atoms with Crippen molar-refractivity contribution in [1.29, 1.82) is 0 Å². The highest BCUT2D eigenvalue weighted by Gasteiger charge is 2.25. The first-order valence-electron chi connectivity index (χ1n) is 7.59. The van der Waals surface area contributed by atoms with Gasteiger partial charge in [-0.3, -0.25) is 0 Å². The van der Waals surface area contributed by atoms with Gasteiger partial charge in [-0.25, -0.2) is 13.1 Å². The Morgan fingerprint density at radius 1 is 1.19 bits per heavy atom. The highest BCUT2D eigenvalue weighted by atomic mass is 32.2. The molecule has 116 valence electrons. The molecule has 0 radical (unpaired) electrons. The zero-order valence-corrected chi connectivity index (χ0v) is 12.9. The van der Waals surface area contributed by atoms with E-state index in [0.29, 0.717) is 25.5 Å². The average Bonchev–Trinajstić information content (AvgIpc) is 3.28. The predicted octanol–water partition coefficient (Wildman–Crippen LogP) is 1.57. The molecule has 1 aromatic rings. The minimum Gasteiger partial charge on any atom is -0.493 e. The number of para-hydroxylation sites is 1. The van der Waals surface area contributed by atoms with E-state index in [1.165, 1.54) is 12.8 Å². The van der Waals surface area contributed by atoms with Crippen LogP contribution in [0.15, 0.2) is 24.3 Å². The van der Waals surface area contributed by atoms with Crippen LogP contribution in [0.2, 0.25) is 0 Å². The number of sulfonamides is 1. The van der Waals surface area contributed by atoms with Gasteiger partial charge in [-0.15, -0.1) is 0 Å². The lowest BCUT2D eigenvalue weighted by Gasteiger charge is -2.26. The van der Waals surface area contributed by atoms with Crippen LogP contribution in [0.3, 0.4) is 0 Å². The number of hydrogen-bond acceptors (Lipinski definition) is 4. The van der Waals surface area contributed by atoms with E-state index in [-0.39, 0.29) is 11.8 Å². The van der Waals surface area contributed by atoms with Gasteiger partial charge in [0.1, 0.15) is 5.75 Å². The summed E-state index contributed by atoms with van der Waals surface area (Å²) >= 11 is 0. The van der Waals surface area contributed by atoms with E-state index in [4.69, 9.17) is 4.74 Å². The Kier molecular flexibility index (Phi) is 4.47. The first-order chi connectivity index (χ1) is 10.1. The van der Waals surface area contributed by atoms with Crippen LogP contribution < -0.4 is 14.8 Å². The van der Waals surface area contributed by atoms with Gasteiger partial charge in [0.2, 0.25) is 10.0 Å². The van der Waals surface area contributed by atoms with Crippen LogP contribution in [0.5, 0.6) is 5.75 Å². The van der Waals surface area contributed by atoms with E-state index in [9.17, 15) is 8.42 Å². The predicted molar refractivity (Wildman–Crippen MR) is 81.9 cm³/mol. The molecule has 1 aliphatic carbocycles. The molecule has 5 nitrogen and oxygen atoms in total. The van der Waals surface area contributed by atoms with Crippen molar-refractivity contribution in [2.75, 3.05) is 18.9 Å². The fourth-order valence-corrected chi connectivity index (χ4v) is 3.92. The second-order valence-corrected chi connectivity index (χ2v) is 7.62. The van der Waals surface area contributed by atoms with E-state index < -0.39 is 10.0 Å². The normalized spacial score (nSPS) is 21.6. The summed E-state index contributed by atoms with van der Waals surface area (Å²) < 4.78 is 32.8. The Bertz CT molecular complexity index is 584. The smallest absolute Gasteiger partial charge is 0.212 e. The van der Waals surface area contributed by atoms with Crippen molar-refractivity contribution in [3.05, 3.63) is 29.8 Å². The summed E-state index contributed by atoms with van der Waals surface area (Å²) in [7, 11) is -3.25. The average molecular weight is 310 g/mol. The van der Waals surface area contributed by atoms with Gasteiger partial charge in [0.15, 0.2) is 0 Å². The standard InChI is InChI=1S/C15H22N2O3S/c18-21(19,11-3-9-16-12-6-7-12)17-14-8-10-20-15-5-2-1-4-13(14)15/h1-2,4-5,12,14,16-17H,3,6-11H2. The van der Waals surface area contributed by atoms with Crippen molar-refractivity contribution in [2.45, 2.75) is 37.8 Å². The Morgan fingerprint density at radius 3 is 2.81 bits per heavy atom. The Morgan fingerprint density at radius 2 is 2.00 bits per heavy atom. The Balaban J connectivity index is 1.55. The van der Waals surface area contributed by atoms with E-state index in [1.54, 1.807) is 0 Å². The van der Waals surface area contributed by atoms with Crippen molar-refractivity contribution in [1.82, 2.24) is 10.0 Å². The molecule has 1 unspecified atom stereocenters. The van der Waals surface area contributed by atoms with Gasteiger partial charge >= 0.3 is 0 Å². The molecule has 2 N–H and O–H groups in total. The highest BCUT2D eigenvalue weighted by Crippen LogP contribution is 2.31. The molecular formula is C15H22N2O3S. The van der Waals surface area contributed by atoms with Gasteiger partial charge in [-0.05, 0) is 31.9 Å². The molecule has 0 amide bonds. The number of nitrogens with one attached hydrogen (secondary N) is 2. The minimum absolute atomic E-state index is 0.170. The molecule has 6 heteroatoms. The summed E-state index contributed by atoms with van der Waals surface area (Å²) in [5.74, 6) is 0.957. The van der Waals surface area contributed by atoms with Crippen LogP contribution in [0.1, 0.15) is 37.3 Å². The summed E-state index contributed by atoms with van der Waals surface area (Å²) in [6, 6.07) is 8.08. The first kappa shape index (κ1) is 14.8. The number of benzene rings is 1. The van der Waals surface area contributed by atoms with E-state index in [2.05, 4.69) is 10.0 Å². The number of rotatable bonds is 7. The van der Waals surface area contributed by atoms with Crippen molar-refractivity contribution >= 4 is 10.0 Å².